The monoisotopic (exact) mass is 589 g/mol. The smallest absolute Gasteiger partial charge is 0.247 e. The molecule has 0 bridgehead atoms. The number of rotatable bonds is 6. The van der Waals surface area contributed by atoms with Crippen LogP contribution in [0.4, 0.5) is 0 Å². The molecule has 4 aromatic rings. The van der Waals surface area contributed by atoms with Crippen LogP contribution >= 0.6 is 11.6 Å². The topological polar surface area (TPSA) is 104 Å². The van der Waals surface area contributed by atoms with Gasteiger partial charge >= 0.3 is 0 Å². The number of nitrogens with zero attached hydrogens (tertiary/aromatic N) is 3. The van der Waals surface area contributed by atoms with Crippen molar-refractivity contribution in [3.8, 4) is 22.8 Å². The maximum atomic E-state index is 14.0. The molecule has 41 heavy (non-hydrogen) atoms. The fourth-order valence-corrected chi connectivity index (χ4v) is 8.06. The van der Waals surface area contributed by atoms with Gasteiger partial charge in [-0.2, -0.15) is 4.31 Å². The van der Waals surface area contributed by atoms with Crippen LogP contribution in [0, 0.1) is 12.8 Å². The Kier molecular flexibility index (Phi) is 7.49. The highest BCUT2D eigenvalue weighted by Crippen LogP contribution is 2.44. The van der Waals surface area contributed by atoms with Gasteiger partial charge in [0.25, 0.3) is 0 Å². The zero-order valence-corrected chi connectivity index (χ0v) is 24.4. The summed E-state index contributed by atoms with van der Waals surface area (Å²) in [5, 5.41) is 20.4. The van der Waals surface area contributed by atoms with E-state index in [0.29, 0.717) is 11.6 Å². The average molecular weight is 590 g/mol. The molecule has 2 N–H and O–H groups in total. The number of aromatic nitrogens is 2. The second-order valence-electron chi connectivity index (χ2n) is 11.1. The summed E-state index contributed by atoms with van der Waals surface area (Å²) in [5.41, 5.74) is 6.36. The zero-order valence-electron chi connectivity index (χ0n) is 22.8. The third kappa shape index (κ3) is 5.44. The largest absolute Gasteiger partial charge is 0.508 e. The summed E-state index contributed by atoms with van der Waals surface area (Å²) in [7, 11) is -4.13. The summed E-state index contributed by atoms with van der Waals surface area (Å²) < 4.78 is 29.5. The molecule has 0 unspecified atom stereocenters. The van der Waals surface area contributed by atoms with Gasteiger partial charge in [-0.05, 0) is 70.8 Å². The molecule has 0 spiro atoms. The number of fused-ring (bicyclic) bond motifs is 1. The Balaban J connectivity index is 1.40. The van der Waals surface area contributed by atoms with Gasteiger partial charge in [0.05, 0.1) is 11.7 Å². The third-order valence-corrected chi connectivity index (χ3v) is 10.4. The number of phenols is 2. The van der Waals surface area contributed by atoms with Crippen molar-refractivity contribution in [3.05, 3.63) is 100.0 Å². The number of aryl methyl sites for hydroxylation is 1. The number of phenolic OH excluding ortho intramolecular Hbond substituents is 2. The lowest BCUT2D eigenvalue weighted by molar-refractivity contribution is 0.356. The highest BCUT2D eigenvalue weighted by Gasteiger charge is 2.41. The third-order valence-electron chi connectivity index (χ3n) is 8.34. The molecule has 1 atom stereocenters. The van der Waals surface area contributed by atoms with Gasteiger partial charge in [-0.25, -0.2) is 18.4 Å². The van der Waals surface area contributed by atoms with E-state index in [1.54, 1.807) is 6.20 Å². The quantitative estimate of drug-likeness (QED) is 0.236. The molecular formula is C32H32ClN3O4S. The molecule has 1 fully saturated rings. The van der Waals surface area contributed by atoms with Crippen molar-refractivity contribution in [1.82, 2.24) is 14.3 Å². The van der Waals surface area contributed by atoms with E-state index in [0.717, 1.165) is 40.3 Å². The van der Waals surface area contributed by atoms with Crippen molar-refractivity contribution in [2.75, 3.05) is 0 Å². The summed E-state index contributed by atoms with van der Waals surface area (Å²) in [5.74, 6) is -0.0194. The summed E-state index contributed by atoms with van der Waals surface area (Å²) in [6.45, 7) is 2.10. The van der Waals surface area contributed by atoms with Gasteiger partial charge < -0.3 is 10.2 Å². The predicted molar refractivity (Wildman–Crippen MR) is 158 cm³/mol. The van der Waals surface area contributed by atoms with E-state index in [2.05, 4.69) is 28.2 Å². The summed E-state index contributed by atoms with van der Waals surface area (Å²) in [6.07, 6.45) is 9.01. The molecule has 212 valence electrons. The van der Waals surface area contributed by atoms with Crippen molar-refractivity contribution >= 4 is 21.6 Å². The Bertz CT molecular complexity index is 1700. The minimum Gasteiger partial charge on any atom is -0.508 e. The van der Waals surface area contributed by atoms with E-state index in [4.69, 9.17) is 11.6 Å². The fourth-order valence-electron chi connectivity index (χ4n) is 6.28. The fraction of sp³-hybridized carbons (Fsp3) is 0.312. The molecule has 0 saturated heterocycles. The van der Waals surface area contributed by atoms with Crippen LogP contribution in [-0.2, 0) is 23.0 Å². The van der Waals surface area contributed by atoms with E-state index in [9.17, 15) is 18.6 Å². The molecular weight excluding hydrogens is 558 g/mol. The SMILES string of the molecule is Cc1cnc(Cl)nc1-c1ccc([C@H]2c3ccc(CC4CCCCC4)cc3CN2S(=O)(=O)c2ccc(O)cc2O)cc1. The molecule has 1 aliphatic heterocycles. The van der Waals surface area contributed by atoms with Crippen LogP contribution in [0.3, 0.4) is 0 Å². The number of benzene rings is 3. The second kappa shape index (κ2) is 11.1. The van der Waals surface area contributed by atoms with Gasteiger partial charge in [0.2, 0.25) is 15.3 Å². The lowest BCUT2D eigenvalue weighted by Gasteiger charge is -2.26. The van der Waals surface area contributed by atoms with E-state index in [1.165, 1.54) is 54.1 Å². The Labute approximate surface area is 245 Å². The number of hydrogen-bond donors (Lipinski definition) is 2. The summed E-state index contributed by atoms with van der Waals surface area (Å²) >= 11 is 6.05. The summed E-state index contributed by atoms with van der Waals surface area (Å²) in [4.78, 5) is 8.17. The zero-order chi connectivity index (χ0) is 28.7. The standard InChI is InChI=1S/C32H32ClN3O4S/c1-20-18-34-32(33)35-30(20)23-8-10-24(11-9-23)31-27-13-7-22(15-21-5-3-2-4-6-21)16-25(27)19-36(31)41(39,40)29-14-12-26(37)17-28(29)38/h7-14,16-18,21,31,37-38H,2-6,15,19H2,1H3/t31-/m0/s1. The molecule has 9 heteroatoms. The lowest BCUT2D eigenvalue weighted by Crippen LogP contribution is -2.30. The normalized spacial score (nSPS) is 18.0. The van der Waals surface area contributed by atoms with E-state index < -0.39 is 21.8 Å². The first-order chi connectivity index (χ1) is 19.7. The highest BCUT2D eigenvalue weighted by molar-refractivity contribution is 7.89. The van der Waals surface area contributed by atoms with Gasteiger partial charge in [0.1, 0.15) is 16.4 Å². The van der Waals surface area contributed by atoms with Crippen LogP contribution in [0.2, 0.25) is 5.28 Å². The van der Waals surface area contributed by atoms with Crippen LogP contribution < -0.4 is 0 Å². The van der Waals surface area contributed by atoms with Crippen LogP contribution in [0.5, 0.6) is 11.5 Å². The van der Waals surface area contributed by atoms with Gasteiger partial charge in [0, 0.05) is 24.4 Å². The first kappa shape index (κ1) is 27.7. The molecule has 3 aromatic carbocycles. The minimum absolute atomic E-state index is 0.161. The van der Waals surface area contributed by atoms with Crippen molar-refractivity contribution in [3.63, 3.8) is 0 Å². The molecule has 1 aromatic heterocycles. The summed E-state index contributed by atoms with van der Waals surface area (Å²) in [6, 6.07) is 17.0. The van der Waals surface area contributed by atoms with Gasteiger partial charge in [-0.1, -0.05) is 74.6 Å². The number of sulfonamides is 1. The molecule has 6 rings (SSSR count). The predicted octanol–water partition coefficient (Wildman–Crippen LogP) is 6.93. The molecule has 1 aliphatic carbocycles. The Morgan fingerprint density at radius 2 is 1.73 bits per heavy atom. The molecule has 2 heterocycles. The van der Waals surface area contributed by atoms with Crippen molar-refractivity contribution in [2.45, 2.75) is 62.9 Å². The van der Waals surface area contributed by atoms with E-state index in [-0.39, 0.29) is 22.5 Å². The van der Waals surface area contributed by atoms with Crippen LogP contribution in [0.1, 0.15) is 66.0 Å². The molecule has 7 nitrogen and oxygen atoms in total. The average Bonchev–Trinajstić information content (AvgIpc) is 3.35. The van der Waals surface area contributed by atoms with Crippen molar-refractivity contribution in [1.29, 1.82) is 0 Å². The van der Waals surface area contributed by atoms with Crippen LogP contribution in [0.25, 0.3) is 11.3 Å². The molecule has 0 radical (unpaired) electrons. The van der Waals surface area contributed by atoms with Crippen LogP contribution in [0.15, 0.2) is 71.8 Å². The molecule has 2 aliphatic rings. The van der Waals surface area contributed by atoms with Crippen molar-refractivity contribution < 1.29 is 18.6 Å². The maximum absolute atomic E-state index is 14.0. The second-order valence-corrected chi connectivity index (χ2v) is 13.3. The Morgan fingerprint density at radius 3 is 2.46 bits per heavy atom. The van der Waals surface area contributed by atoms with Gasteiger partial charge in [-0.15, -0.1) is 0 Å². The number of halogens is 1. The van der Waals surface area contributed by atoms with Gasteiger partial charge in [-0.3, -0.25) is 0 Å². The Hall–Kier alpha value is -3.46. The van der Waals surface area contributed by atoms with Crippen molar-refractivity contribution in [2.24, 2.45) is 5.92 Å². The highest BCUT2D eigenvalue weighted by atomic mass is 35.5. The first-order valence-corrected chi connectivity index (χ1v) is 15.8. The van der Waals surface area contributed by atoms with E-state index in [1.807, 2.05) is 31.2 Å². The molecule has 0 amide bonds. The number of hydrogen-bond acceptors (Lipinski definition) is 6. The molecule has 1 saturated carbocycles. The first-order valence-electron chi connectivity index (χ1n) is 14.0. The lowest BCUT2D eigenvalue weighted by atomic mass is 9.84. The Morgan fingerprint density at radius 1 is 0.976 bits per heavy atom. The maximum Gasteiger partial charge on any atom is 0.247 e. The number of aromatic hydroxyl groups is 2. The van der Waals surface area contributed by atoms with E-state index >= 15 is 0 Å². The minimum atomic E-state index is -4.13. The van der Waals surface area contributed by atoms with Crippen LogP contribution in [-0.4, -0.2) is 32.9 Å². The van der Waals surface area contributed by atoms with Gasteiger partial charge in [0.15, 0.2) is 0 Å².